The monoisotopic (exact) mass is 370 g/mol. The van der Waals surface area contributed by atoms with Crippen molar-refractivity contribution < 1.29 is 14.3 Å². The standard InChI is InChI=1S/C18H15ClN4O3/c1-2-26-16-9-6-13(19)17(21-16)18(25)20-12-5-3-4-11(10-12)14-7-8-15(24)23-22-14/h3-10,14H,2H2,1H3,(H,20,25). The Morgan fingerprint density at radius 1 is 1.31 bits per heavy atom. The van der Waals surface area contributed by atoms with Crippen molar-refractivity contribution in [3.8, 4) is 5.88 Å². The Kier molecular flexibility index (Phi) is 5.38. The molecule has 1 aromatic carbocycles. The maximum absolute atomic E-state index is 12.5. The molecule has 0 saturated carbocycles. The lowest BCUT2D eigenvalue weighted by Crippen LogP contribution is -2.15. The molecule has 0 bridgehead atoms. The second-order valence-electron chi connectivity index (χ2n) is 5.35. The van der Waals surface area contributed by atoms with E-state index in [4.69, 9.17) is 16.3 Å². The number of carbonyl (C=O) groups is 2. The van der Waals surface area contributed by atoms with Crippen molar-refractivity contribution in [3.05, 3.63) is 64.8 Å². The van der Waals surface area contributed by atoms with Crippen LogP contribution in [0.2, 0.25) is 5.02 Å². The predicted octanol–water partition coefficient (Wildman–Crippen LogP) is 3.98. The van der Waals surface area contributed by atoms with Crippen LogP contribution in [0.25, 0.3) is 0 Å². The third-order valence-corrected chi connectivity index (χ3v) is 3.82. The van der Waals surface area contributed by atoms with Crippen LogP contribution in [0, 0.1) is 0 Å². The van der Waals surface area contributed by atoms with E-state index in [0.717, 1.165) is 5.56 Å². The highest BCUT2D eigenvalue weighted by molar-refractivity contribution is 6.34. The number of azo groups is 1. The fourth-order valence-corrected chi connectivity index (χ4v) is 2.54. The van der Waals surface area contributed by atoms with Crippen LogP contribution in [0.15, 0.2) is 58.8 Å². The third kappa shape index (κ3) is 4.12. The summed E-state index contributed by atoms with van der Waals surface area (Å²) in [5.74, 6) is -0.515. The van der Waals surface area contributed by atoms with Crippen LogP contribution in [-0.2, 0) is 4.79 Å². The zero-order valence-corrected chi connectivity index (χ0v) is 14.6. The maximum Gasteiger partial charge on any atom is 0.287 e. The average Bonchev–Trinajstić information content (AvgIpc) is 2.64. The number of halogens is 1. The van der Waals surface area contributed by atoms with Gasteiger partial charge in [-0.05, 0) is 36.8 Å². The summed E-state index contributed by atoms with van der Waals surface area (Å²) in [5, 5.41) is 10.4. The number of amides is 2. The first kappa shape index (κ1) is 17.8. The van der Waals surface area contributed by atoms with Gasteiger partial charge in [0.25, 0.3) is 11.8 Å². The largest absolute Gasteiger partial charge is 0.478 e. The highest BCUT2D eigenvalue weighted by Crippen LogP contribution is 2.25. The number of carbonyl (C=O) groups excluding carboxylic acids is 2. The Bertz CT molecular complexity index is 895. The topological polar surface area (TPSA) is 93.0 Å². The third-order valence-electron chi connectivity index (χ3n) is 3.52. The van der Waals surface area contributed by atoms with E-state index in [1.165, 1.54) is 6.08 Å². The first-order valence-electron chi connectivity index (χ1n) is 7.90. The van der Waals surface area contributed by atoms with Gasteiger partial charge in [-0.1, -0.05) is 23.7 Å². The van der Waals surface area contributed by atoms with Gasteiger partial charge in [0, 0.05) is 17.8 Å². The van der Waals surface area contributed by atoms with Crippen molar-refractivity contribution >= 4 is 29.1 Å². The normalized spacial score (nSPS) is 15.8. The lowest BCUT2D eigenvalue weighted by Gasteiger charge is -2.12. The zero-order chi connectivity index (χ0) is 18.5. The highest BCUT2D eigenvalue weighted by Gasteiger charge is 2.16. The number of aromatic nitrogens is 1. The molecule has 1 N–H and O–H groups in total. The van der Waals surface area contributed by atoms with Gasteiger partial charge in [0.15, 0.2) is 5.69 Å². The number of benzene rings is 1. The minimum atomic E-state index is -0.454. The quantitative estimate of drug-likeness (QED) is 0.861. The summed E-state index contributed by atoms with van der Waals surface area (Å²) in [6, 6.07) is 9.89. The van der Waals surface area contributed by atoms with Crippen molar-refractivity contribution in [1.82, 2.24) is 4.98 Å². The van der Waals surface area contributed by atoms with E-state index in [-0.39, 0.29) is 22.7 Å². The number of ether oxygens (including phenoxy) is 1. The second kappa shape index (κ2) is 7.88. The first-order valence-corrected chi connectivity index (χ1v) is 8.28. The lowest BCUT2D eigenvalue weighted by atomic mass is 10.1. The van der Waals surface area contributed by atoms with Crippen LogP contribution in [0.4, 0.5) is 5.69 Å². The Labute approximate surface area is 154 Å². The molecule has 132 valence electrons. The van der Waals surface area contributed by atoms with E-state index in [1.807, 2.05) is 13.0 Å². The van der Waals surface area contributed by atoms with E-state index >= 15 is 0 Å². The average molecular weight is 371 g/mol. The minimum absolute atomic E-state index is 0.0749. The Morgan fingerprint density at radius 2 is 2.15 bits per heavy atom. The van der Waals surface area contributed by atoms with Crippen LogP contribution < -0.4 is 10.1 Å². The molecule has 2 heterocycles. The summed E-state index contributed by atoms with van der Waals surface area (Å²) in [4.78, 5) is 27.7. The van der Waals surface area contributed by atoms with Gasteiger partial charge in [0.05, 0.1) is 11.6 Å². The molecule has 2 amide bonds. The lowest BCUT2D eigenvalue weighted by molar-refractivity contribution is -0.114. The molecular formula is C18H15ClN4O3. The molecule has 0 radical (unpaired) electrons. The van der Waals surface area contributed by atoms with Crippen molar-refractivity contribution in [2.45, 2.75) is 13.0 Å². The second-order valence-corrected chi connectivity index (χ2v) is 5.76. The van der Waals surface area contributed by atoms with Crippen molar-refractivity contribution in [2.24, 2.45) is 10.2 Å². The van der Waals surface area contributed by atoms with Gasteiger partial charge in [-0.3, -0.25) is 9.59 Å². The van der Waals surface area contributed by atoms with Crippen LogP contribution in [0.1, 0.15) is 29.0 Å². The number of pyridine rings is 1. The molecule has 7 nitrogen and oxygen atoms in total. The highest BCUT2D eigenvalue weighted by atomic mass is 35.5. The molecule has 8 heteroatoms. The number of nitrogens with one attached hydrogen (secondary N) is 1. The molecular weight excluding hydrogens is 356 g/mol. The first-order chi connectivity index (χ1) is 12.6. The SMILES string of the molecule is CCOc1ccc(Cl)c(C(=O)Nc2cccc(C3C=CC(=O)N=N3)c2)n1. The van der Waals surface area contributed by atoms with Crippen LogP contribution in [0.5, 0.6) is 5.88 Å². The summed E-state index contributed by atoms with van der Waals surface area (Å²) in [5.41, 5.74) is 1.41. The molecule has 26 heavy (non-hydrogen) atoms. The fourth-order valence-electron chi connectivity index (χ4n) is 2.34. The molecule has 0 fully saturated rings. The number of nitrogens with zero attached hydrogens (tertiary/aromatic N) is 3. The molecule has 1 atom stereocenters. The van der Waals surface area contributed by atoms with E-state index in [0.29, 0.717) is 18.2 Å². The van der Waals surface area contributed by atoms with Gasteiger partial charge in [-0.2, -0.15) is 5.11 Å². The number of anilines is 1. The van der Waals surface area contributed by atoms with Crippen molar-refractivity contribution in [1.29, 1.82) is 0 Å². The summed E-state index contributed by atoms with van der Waals surface area (Å²) in [6.07, 6.45) is 3.02. The molecule has 0 spiro atoms. The smallest absolute Gasteiger partial charge is 0.287 e. The van der Waals surface area contributed by atoms with Crippen LogP contribution in [-0.4, -0.2) is 23.4 Å². The number of hydrogen-bond acceptors (Lipinski definition) is 5. The van der Waals surface area contributed by atoms with Gasteiger partial charge in [-0.25, -0.2) is 4.98 Å². The molecule has 1 aromatic heterocycles. The van der Waals surface area contributed by atoms with E-state index in [2.05, 4.69) is 20.5 Å². The van der Waals surface area contributed by atoms with Crippen molar-refractivity contribution in [2.75, 3.05) is 11.9 Å². The van der Waals surface area contributed by atoms with Gasteiger partial charge in [-0.15, -0.1) is 5.11 Å². The predicted molar refractivity (Wildman–Crippen MR) is 96.6 cm³/mol. The Balaban J connectivity index is 1.79. The fraction of sp³-hybridized carbons (Fsp3) is 0.167. The zero-order valence-electron chi connectivity index (χ0n) is 13.8. The summed E-state index contributed by atoms with van der Waals surface area (Å²) >= 11 is 6.08. The molecule has 3 rings (SSSR count). The molecule has 1 unspecified atom stereocenters. The van der Waals surface area contributed by atoms with Crippen LogP contribution in [0.3, 0.4) is 0 Å². The molecule has 0 aliphatic carbocycles. The molecule has 1 aliphatic rings. The van der Waals surface area contributed by atoms with Gasteiger partial charge >= 0.3 is 0 Å². The van der Waals surface area contributed by atoms with Crippen LogP contribution >= 0.6 is 11.6 Å². The van der Waals surface area contributed by atoms with Gasteiger partial charge in [0.1, 0.15) is 6.04 Å². The van der Waals surface area contributed by atoms with E-state index < -0.39 is 5.91 Å². The summed E-state index contributed by atoms with van der Waals surface area (Å²) in [7, 11) is 0. The van der Waals surface area contributed by atoms with Crippen molar-refractivity contribution in [3.63, 3.8) is 0 Å². The minimum Gasteiger partial charge on any atom is -0.478 e. The summed E-state index contributed by atoms with van der Waals surface area (Å²) < 4.78 is 5.30. The Hall–Kier alpha value is -3.06. The van der Waals surface area contributed by atoms with E-state index in [9.17, 15) is 9.59 Å². The molecule has 2 aromatic rings. The Morgan fingerprint density at radius 3 is 2.88 bits per heavy atom. The number of hydrogen-bond donors (Lipinski definition) is 1. The van der Waals surface area contributed by atoms with Gasteiger partial charge in [0.2, 0.25) is 5.88 Å². The molecule has 0 saturated heterocycles. The van der Waals surface area contributed by atoms with Gasteiger partial charge < -0.3 is 10.1 Å². The van der Waals surface area contributed by atoms with E-state index in [1.54, 1.807) is 36.4 Å². The number of rotatable bonds is 5. The summed E-state index contributed by atoms with van der Waals surface area (Å²) in [6.45, 7) is 2.26. The molecule has 1 aliphatic heterocycles. The maximum atomic E-state index is 12.5.